The van der Waals surface area contributed by atoms with Gasteiger partial charge >= 0.3 is 12.1 Å². The number of anilines is 1. The van der Waals surface area contributed by atoms with Crippen LogP contribution in [0.1, 0.15) is 54.1 Å². The van der Waals surface area contributed by atoms with E-state index in [4.69, 9.17) is 9.47 Å². The molecule has 0 aromatic heterocycles. The predicted molar refractivity (Wildman–Crippen MR) is 144 cm³/mol. The number of nitrogens with zero attached hydrogens (tertiary/aromatic N) is 3. The van der Waals surface area contributed by atoms with E-state index in [1.54, 1.807) is 6.07 Å². The van der Waals surface area contributed by atoms with Crippen LogP contribution in [0.4, 0.5) is 23.2 Å². The van der Waals surface area contributed by atoms with Crippen molar-refractivity contribution >= 4 is 17.6 Å². The van der Waals surface area contributed by atoms with Gasteiger partial charge in [0, 0.05) is 43.0 Å². The Morgan fingerprint density at radius 3 is 2.50 bits per heavy atom. The molecule has 8 nitrogen and oxygen atoms in total. The zero-order valence-corrected chi connectivity index (χ0v) is 23.2. The Hall–Kier alpha value is -3.38. The first kappa shape index (κ1) is 28.7. The zero-order valence-electron chi connectivity index (χ0n) is 23.2. The van der Waals surface area contributed by atoms with Crippen molar-refractivity contribution in [2.24, 2.45) is 5.92 Å². The molecule has 2 unspecified atom stereocenters. The molecule has 0 spiro atoms. The van der Waals surface area contributed by atoms with Gasteiger partial charge in [-0.1, -0.05) is 0 Å². The number of ether oxygens (including phenoxy) is 2. The maximum Gasteiger partial charge on any atom is 0.416 e. The van der Waals surface area contributed by atoms with Gasteiger partial charge in [0.2, 0.25) is 0 Å². The van der Waals surface area contributed by atoms with Crippen LogP contribution in [0, 0.1) is 11.7 Å². The van der Waals surface area contributed by atoms with Crippen molar-refractivity contribution < 1.29 is 41.7 Å². The summed E-state index contributed by atoms with van der Waals surface area (Å²) in [6, 6.07) is 7.61. The van der Waals surface area contributed by atoms with Gasteiger partial charge in [0.15, 0.2) is 6.73 Å². The molecule has 12 heteroatoms. The van der Waals surface area contributed by atoms with Gasteiger partial charge in [-0.3, -0.25) is 9.69 Å². The van der Waals surface area contributed by atoms with Crippen LogP contribution in [-0.4, -0.2) is 77.4 Å². The number of benzene rings is 2. The highest BCUT2D eigenvalue weighted by Crippen LogP contribution is 2.48. The first-order valence-electron chi connectivity index (χ1n) is 14.3. The van der Waals surface area contributed by atoms with Crippen LogP contribution in [0.15, 0.2) is 36.4 Å². The molecule has 1 saturated carbocycles. The molecule has 226 valence electrons. The summed E-state index contributed by atoms with van der Waals surface area (Å²) in [5.74, 6) is -1.87. The first-order valence-corrected chi connectivity index (χ1v) is 14.3. The fourth-order valence-corrected chi connectivity index (χ4v) is 6.66. The number of carbonyl (C=O) groups is 2. The third-order valence-corrected chi connectivity index (χ3v) is 9.08. The van der Waals surface area contributed by atoms with Crippen LogP contribution >= 0.6 is 0 Å². The van der Waals surface area contributed by atoms with E-state index in [1.165, 1.54) is 23.1 Å². The second kappa shape index (κ2) is 10.7. The topological polar surface area (TPSA) is 82.6 Å². The molecule has 42 heavy (non-hydrogen) atoms. The summed E-state index contributed by atoms with van der Waals surface area (Å²) in [6.07, 6.45) is -1.50. The quantitative estimate of drug-likeness (QED) is 0.503. The van der Waals surface area contributed by atoms with Gasteiger partial charge < -0.3 is 24.4 Å². The molecule has 1 N–H and O–H groups in total. The van der Waals surface area contributed by atoms with E-state index in [9.17, 15) is 32.3 Å². The monoisotopic (exact) mass is 591 g/mol. The van der Waals surface area contributed by atoms with Gasteiger partial charge in [-0.15, -0.1) is 0 Å². The number of hydrogen-bond acceptors (Lipinski definition) is 6. The Balaban J connectivity index is 1.10. The van der Waals surface area contributed by atoms with E-state index in [0.29, 0.717) is 49.7 Å². The van der Waals surface area contributed by atoms with E-state index in [0.717, 1.165) is 31.4 Å². The Morgan fingerprint density at radius 1 is 1.07 bits per heavy atom. The molecule has 0 bridgehead atoms. The summed E-state index contributed by atoms with van der Waals surface area (Å²) in [6.45, 7) is 4.40. The molecule has 1 aliphatic carbocycles. The van der Waals surface area contributed by atoms with Crippen molar-refractivity contribution in [3.8, 4) is 5.75 Å². The lowest BCUT2D eigenvalue weighted by atomic mass is 9.85. The molecule has 3 heterocycles. The van der Waals surface area contributed by atoms with Crippen LogP contribution in [0.25, 0.3) is 0 Å². The zero-order chi connectivity index (χ0) is 29.8. The van der Waals surface area contributed by atoms with Crippen LogP contribution < -0.4 is 9.64 Å². The standard InChI is InChI=1S/C30H33F4N3O5/c1-18-14-35(10-11-37(18)22-5-6-25(31)24(13-22)27(38)39)23-8-9-29(42-16-23,20-2-3-20)28(40)36-15-19-12-21(30(32,33)34)4-7-26(19)41-17-36/h4-7,12-13,18,20,23H,2-3,8-11,14-17H2,1H3,(H,38,39)/t18?,23?,29-/m0/s1. The Bertz CT molecular complexity index is 1370. The minimum absolute atomic E-state index is 0.0335. The summed E-state index contributed by atoms with van der Waals surface area (Å²) >= 11 is 0. The molecule has 4 aliphatic rings. The summed E-state index contributed by atoms with van der Waals surface area (Å²) in [5, 5.41) is 9.30. The van der Waals surface area contributed by atoms with E-state index >= 15 is 0 Å². The summed E-state index contributed by atoms with van der Waals surface area (Å²) in [4.78, 5) is 31.2. The second-order valence-corrected chi connectivity index (χ2v) is 11.8. The van der Waals surface area contributed by atoms with Crippen LogP contribution in [-0.2, 0) is 22.3 Å². The maximum atomic E-state index is 13.9. The Labute approximate surface area is 240 Å². The van der Waals surface area contributed by atoms with Crippen molar-refractivity contribution in [1.82, 2.24) is 9.80 Å². The van der Waals surface area contributed by atoms with Crippen molar-refractivity contribution in [2.75, 3.05) is 37.9 Å². The van der Waals surface area contributed by atoms with E-state index < -0.39 is 29.1 Å². The number of piperazine rings is 1. The Morgan fingerprint density at radius 2 is 1.86 bits per heavy atom. The Kier molecular flexibility index (Phi) is 7.33. The van der Waals surface area contributed by atoms with Gasteiger partial charge in [-0.25, -0.2) is 9.18 Å². The highest BCUT2D eigenvalue weighted by atomic mass is 19.4. The van der Waals surface area contributed by atoms with Gasteiger partial charge in [0.1, 0.15) is 17.2 Å². The molecule has 6 rings (SSSR count). The van der Waals surface area contributed by atoms with Crippen molar-refractivity contribution in [3.63, 3.8) is 0 Å². The minimum atomic E-state index is -4.48. The number of alkyl halides is 3. The molecule has 3 fully saturated rings. The van der Waals surface area contributed by atoms with Gasteiger partial charge in [-0.05, 0) is 74.9 Å². The van der Waals surface area contributed by atoms with Crippen LogP contribution in [0.5, 0.6) is 5.75 Å². The summed E-state index contributed by atoms with van der Waals surface area (Å²) < 4.78 is 65.9. The number of rotatable bonds is 5. The molecule has 2 aromatic rings. The van der Waals surface area contributed by atoms with Crippen LogP contribution in [0.3, 0.4) is 0 Å². The predicted octanol–water partition coefficient (Wildman–Crippen LogP) is 4.76. The highest BCUT2D eigenvalue weighted by Gasteiger charge is 2.56. The maximum absolute atomic E-state index is 13.9. The number of halogens is 4. The number of carbonyl (C=O) groups excluding carboxylic acids is 1. The molecule has 1 amide bonds. The van der Waals surface area contributed by atoms with E-state index in [1.807, 2.05) is 6.92 Å². The molecular formula is C30H33F4N3O5. The molecule has 3 aliphatic heterocycles. The summed E-state index contributed by atoms with van der Waals surface area (Å²) in [5.41, 5.74) is -1.15. The average molecular weight is 592 g/mol. The number of hydrogen-bond donors (Lipinski definition) is 1. The molecule has 2 saturated heterocycles. The lowest BCUT2D eigenvalue weighted by Crippen LogP contribution is -2.61. The van der Waals surface area contributed by atoms with E-state index in [-0.39, 0.29) is 42.7 Å². The molecule has 0 radical (unpaired) electrons. The lowest BCUT2D eigenvalue weighted by molar-refractivity contribution is -0.180. The van der Waals surface area contributed by atoms with Crippen molar-refractivity contribution in [3.05, 3.63) is 58.9 Å². The number of aromatic carboxylic acids is 1. The van der Waals surface area contributed by atoms with Crippen molar-refractivity contribution in [2.45, 2.75) is 63.0 Å². The number of fused-ring (bicyclic) bond motifs is 1. The van der Waals surface area contributed by atoms with E-state index in [2.05, 4.69) is 9.80 Å². The lowest BCUT2D eigenvalue weighted by Gasteiger charge is -2.48. The second-order valence-electron chi connectivity index (χ2n) is 11.8. The fourth-order valence-electron chi connectivity index (χ4n) is 6.66. The van der Waals surface area contributed by atoms with Gasteiger partial charge in [-0.2, -0.15) is 13.2 Å². The normalized spacial score (nSPS) is 26.9. The van der Waals surface area contributed by atoms with Gasteiger partial charge in [0.05, 0.1) is 24.3 Å². The number of carboxylic acids is 1. The molecule has 3 atom stereocenters. The van der Waals surface area contributed by atoms with Gasteiger partial charge in [0.25, 0.3) is 5.91 Å². The third kappa shape index (κ3) is 5.30. The van der Waals surface area contributed by atoms with Crippen molar-refractivity contribution in [1.29, 1.82) is 0 Å². The average Bonchev–Trinajstić information content (AvgIpc) is 3.82. The van der Waals surface area contributed by atoms with Crippen LogP contribution in [0.2, 0.25) is 0 Å². The fraction of sp³-hybridized carbons (Fsp3) is 0.533. The third-order valence-electron chi connectivity index (χ3n) is 9.08. The number of carboxylic acid groups (broad SMARTS) is 1. The minimum Gasteiger partial charge on any atom is -0.478 e. The molecule has 2 aromatic carbocycles. The largest absolute Gasteiger partial charge is 0.478 e. The highest BCUT2D eigenvalue weighted by molar-refractivity contribution is 5.89. The first-order chi connectivity index (χ1) is 20.0. The SMILES string of the molecule is CC1CN(C2CC[C@@](C(=O)N3COc4ccc(C(F)(F)F)cc4C3)(C3CC3)OC2)CCN1c1ccc(F)c(C(=O)O)c1. The molecular weight excluding hydrogens is 558 g/mol. The smallest absolute Gasteiger partial charge is 0.416 e. The number of amides is 1. The summed E-state index contributed by atoms with van der Waals surface area (Å²) in [7, 11) is 0.